The number of hydrogen-bond donors (Lipinski definition) is 1. The Morgan fingerprint density at radius 3 is 2.57 bits per heavy atom. The van der Waals surface area contributed by atoms with E-state index >= 15 is 0 Å². The van der Waals surface area contributed by atoms with Crippen molar-refractivity contribution in [2.75, 3.05) is 20.3 Å². The van der Waals surface area contributed by atoms with Gasteiger partial charge in [-0.1, -0.05) is 18.2 Å². The topological polar surface area (TPSA) is 63.4 Å². The number of ether oxygens (including phenoxy) is 2. The molecular formula is C16H18N2O3. The molecule has 0 spiro atoms. The molecule has 1 N–H and O–H groups in total. The van der Waals surface area contributed by atoms with Crippen LogP contribution in [-0.4, -0.2) is 25.4 Å². The molecule has 0 aliphatic heterocycles. The van der Waals surface area contributed by atoms with Crippen LogP contribution >= 0.6 is 0 Å². The second-order valence-corrected chi connectivity index (χ2v) is 4.29. The van der Waals surface area contributed by atoms with Crippen LogP contribution in [0.3, 0.4) is 0 Å². The van der Waals surface area contributed by atoms with Crippen LogP contribution < -0.4 is 9.47 Å². The molecule has 0 fully saturated rings. The summed E-state index contributed by atoms with van der Waals surface area (Å²) in [4.78, 5) is 0. The monoisotopic (exact) mass is 286 g/mol. The highest BCUT2D eigenvalue weighted by molar-refractivity contribution is 5.55. The summed E-state index contributed by atoms with van der Waals surface area (Å²) in [6, 6.07) is 14.8. The summed E-state index contributed by atoms with van der Waals surface area (Å²) in [7, 11) is 1.60. The fourth-order valence-electron chi connectivity index (χ4n) is 1.67. The average Bonchev–Trinajstić information content (AvgIpc) is 2.54. The second-order valence-electron chi connectivity index (χ2n) is 4.29. The first-order chi connectivity index (χ1) is 10.3. The summed E-state index contributed by atoms with van der Waals surface area (Å²) in [5, 5.41) is 17.2. The summed E-state index contributed by atoms with van der Waals surface area (Å²) < 4.78 is 10.8. The van der Waals surface area contributed by atoms with E-state index in [2.05, 4.69) is 10.2 Å². The third-order valence-electron chi connectivity index (χ3n) is 2.76. The zero-order chi connectivity index (χ0) is 14.9. The maximum absolute atomic E-state index is 8.82. The van der Waals surface area contributed by atoms with Crippen LogP contribution in [0, 0.1) is 0 Å². The van der Waals surface area contributed by atoms with Crippen molar-refractivity contribution in [2.45, 2.75) is 6.42 Å². The van der Waals surface area contributed by atoms with Crippen LogP contribution in [0.4, 0.5) is 11.4 Å². The number of aliphatic hydroxyl groups is 1. The van der Waals surface area contributed by atoms with Crippen molar-refractivity contribution >= 4 is 11.4 Å². The van der Waals surface area contributed by atoms with Crippen LogP contribution in [0.25, 0.3) is 0 Å². The molecule has 0 aliphatic rings. The normalized spacial score (nSPS) is 10.8. The first-order valence-electron chi connectivity index (χ1n) is 6.72. The maximum Gasteiger partial charge on any atom is 0.150 e. The second kappa shape index (κ2) is 8.01. The van der Waals surface area contributed by atoms with Crippen molar-refractivity contribution in [2.24, 2.45) is 10.2 Å². The molecule has 0 bridgehead atoms. The van der Waals surface area contributed by atoms with Crippen molar-refractivity contribution in [3.05, 3.63) is 48.5 Å². The van der Waals surface area contributed by atoms with Crippen LogP contribution in [0.1, 0.15) is 6.42 Å². The van der Waals surface area contributed by atoms with Crippen molar-refractivity contribution in [1.29, 1.82) is 0 Å². The van der Waals surface area contributed by atoms with E-state index in [0.29, 0.717) is 30.2 Å². The molecule has 0 atom stereocenters. The van der Waals surface area contributed by atoms with E-state index in [1.165, 1.54) is 0 Å². The Morgan fingerprint density at radius 2 is 1.86 bits per heavy atom. The molecule has 2 aromatic carbocycles. The molecule has 5 heteroatoms. The van der Waals surface area contributed by atoms with Gasteiger partial charge >= 0.3 is 0 Å². The van der Waals surface area contributed by atoms with Gasteiger partial charge in [0.25, 0.3) is 0 Å². The zero-order valence-corrected chi connectivity index (χ0v) is 11.9. The predicted molar refractivity (Wildman–Crippen MR) is 80.8 cm³/mol. The van der Waals surface area contributed by atoms with Crippen molar-refractivity contribution in [3.63, 3.8) is 0 Å². The van der Waals surface area contributed by atoms with Crippen molar-refractivity contribution in [1.82, 2.24) is 0 Å². The van der Waals surface area contributed by atoms with Gasteiger partial charge in [-0.15, -0.1) is 5.11 Å². The van der Waals surface area contributed by atoms with Gasteiger partial charge in [0.1, 0.15) is 17.2 Å². The first-order valence-corrected chi connectivity index (χ1v) is 6.72. The van der Waals surface area contributed by atoms with Crippen LogP contribution in [-0.2, 0) is 0 Å². The molecule has 0 radical (unpaired) electrons. The highest BCUT2D eigenvalue weighted by Crippen LogP contribution is 2.33. The third-order valence-corrected chi connectivity index (χ3v) is 2.76. The molecule has 0 aliphatic carbocycles. The number of benzene rings is 2. The average molecular weight is 286 g/mol. The Labute approximate surface area is 123 Å². The Bertz CT molecular complexity index is 585. The number of methoxy groups -OCH3 is 1. The van der Waals surface area contributed by atoms with E-state index in [4.69, 9.17) is 14.6 Å². The Kier molecular flexibility index (Phi) is 5.72. The summed E-state index contributed by atoms with van der Waals surface area (Å²) in [5.41, 5.74) is 1.40. The Morgan fingerprint density at radius 1 is 1.05 bits per heavy atom. The summed E-state index contributed by atoms with van der Waals surface area (Å²) >= 11 is 0. The smallest absolute Gasteiger partial charge is 0.150 e. The third kappa shape index (κ3) is 4.57. The zero-order valence-electron chi connectivity index (χ0n) is 11.9. The SMILES string of the molecule is COc1ccc(N=Nc2ccccc2)c(OCCCO)c1. The first kappa shape index (κ1) is 15.0. The van der Waals surface area contributed by atoms with Crippen LogP contribution in [0.2, 0.25) is 0 Å². The number of rotatable bonds is 7. The van der Waals surface area contributed by atoms with E-state index < -0.39 is 0 Å². The van der Waals surface area contributed by atoms with Crippen LogP contribution in [0.5, 0.6) is 11.5 Å². The van der Waals surface area contributed by atoms with Gasteiger partial charge in [-0.3, -0.25) is 0 Å². The fourth-order valence-corrected chi connectivity index (χ4v) is 1.67. The van der Waals surface area contributed by atoms with Gasteiger partial charge in [-0.2, -0.15) is 5.11 Å². The number of aliphatic hydroxyl groups excluding tert-OH is 1. The van der Waals surface area contributed by atoms with Gasteiger partial charge in [0.05, 0.1) is 19.4 Å². The minimum Gasteiger partial charge on any atom is -0.497 e. The van der Waals surface area contributed by atoms with Gasteiger partial charge in [-0.05, 0) is 24.3 Å². The minimum absolute atomic E-state index is 0.0881. The lowest BCUT2D eigenvalue weighted by atomic mass is 10.3. The van der Waals surface area contributed by atoms with Crippen molar-refractivity contribution in [3.8, 4) is 11.5 Å². The highest BCUT2D eigenvalue weighted by Gasteiger charge is 2.05. The lowest BCUT2D eigenvalue weighted by Gasteiger charge is -2.09. The highest BCUT2D eigenvalue weighted by atomic mass is 16.5. The Balaban J connectivity index is 2.18. The summed E-state index contributed by atoms with van der Waals surface area (Å²) in [5.74, 6) is 1.27. The molecule has 5 nitrogen and oxygen atoms in total. The molecule has 110 valence electrons. The molecule has 0 saturated heterocycles. The minimum atomic E-state index is 0.0881. The fraction of sp³-hybridized carbons (Fsp3) is 0.250. The van der Waals surface area contributed by atoms with Gasteiger partial charge in [-0.25, -0.2) is 0 Å². The van der Waals surface area contributed by atoms with E-state index in [9.17, 15) is 0 Å². The molecule has 0 unspecified atom stereocenters. The van der Waals surface area contributed by atoms with Gasteiger partial charge in [0.15, 0.2) is 0 Å². The quantitative estimate of drug-likeness (QED) is 0.620. The standard InChI is InChI=1S/C16H18N2O3/c1-20-14-8-9-15(16(12-14)21-11-5-10-19)18-17-13-6-3-2-4-7-13/h2-4,6-9,12,19H,5,10-11H2,1H3. The van der Waals surface area contributed by atoms with E-state index in [1.54, 1.807) is 25.3 Å². The van der Waals surface area contributed by atoms with Gasteiger partial charge in [0.2, 0.25) is 0 Å². The van der Waals surface area contributed by atoms with Gasteiger partial charge in [0, 0.05) is 19.1 Å². The van der Waals surface area contributed by atoms with Gasteiger partial charge < -0.3 is 14.6 Å². The number of nitrogens with zero attached hydrogens (tertiary/aromatic N) is 2. The molecule has 0 aromatic heterocycles. The molecule has 0 saturated carbocycles. The molecular weight excluding hydrogens is 268 g/mol. The lowest BCUT2D eigenvalue weighted by Crippen LogP contribution is -2.00. The van der Waals surface area contributed by atoms with E-state index in [0.717, 1.165) is 5.69 Å². The molecule has 21 heavy (non-hydrogen) atoms. The molecule has 0 heterocycles. The summed E-state index contributed by atoms with van der Waals surface area (Å²) in [6.07, 6.45) is 0.562. The largest absolute Gasteiger partial charge is 0.497 e. The number of hydrogen-bond acceptors (Lipinski definition) is 5. The van der Waals surface area contributed by atoms with Crippen LogP contribution in [0.15, 0.2) is 58.8 Å². The lowest BCUT2D eigenvalue weighted by molar-refractivity contribution is 0.233. The van der Waals surface area contributed by atoms with E-state index in [1.807, 2.05) is 30.3 Å². The Hall–Kier alpha value is -2.40. The molecule has 2 rings (SSSR count). The predicted octanol–water partition coefficient (Wildman–Crippen LogP) is 3.87. The van der Waals surface area contributed by atoms with Crippen molar-refractivity contribution < 1.29 is 14.6 Å². The molecule has 2 aromatic rings. The van der Waals surface area contributed by atoms with E-state index in [-0.39, 0.29) is 6.61 Å². The molecule has 0 amide bonds. The summed E-state index contributed by atoms with van der Waals surface area (Å²) in [6.45, 7) is 0.502. The maximum atomic E-state index is 8.82. The number of azo groups is 1.